The first kappa shape index (κ1) is 5.96. The zero-order valence-electron chi connectivity index (χ0n) is 6.41. The molecule has 2 heteroatoms. The summed E-state index contributed by atoms with van der Waals surface area (Å²) in [6.45, 7) is 2.28. The first-order valence-corrected chi connectivity index (χ1v) is 3.77. The predicted octanol–water partition coefficient (Wildman–Crippen LogP) is 1.54. The quantitative estimate of drug-likeness (QED) is 0.572. The van der Waals surface area contributed by atoms with Gasteiger partial charge in [0, 0.05) is 19.2 Å². The van der Waals surface area contributed by atoms with Gasteiger partial charge in [-0.25, -0.2) is 0 Å². The molecular weight excluding hydrogens is 124 g/mol. The highest BCUT2D eigenvalue weighted by atomic mass is 15.2. The summed E-state index contributed by atoms with van der Waals surface area (Å²) in [7, 11) is 1.97. The van der Waals surface area contributed by atoms with Crippen molar-refractivity contribution in [1.29, 1.82) is 0 Å². The van der Waals surface area contributed by atoms with E-state index in [-0.39, 0.29) is 0 Å². The second-order valence-corrected chi connectivity index (χ2v) is 3.23. The van der Waals surface area contributed by atoms with Crippen LogP contribution in [0.4, 0.5) is 0 Å². The Morgan fingerprint density at radius 1 is 1.70 bits per heavy atom. The van der Waals surface area contributed by atoms with Crippen LogP contribution in [0.25, 0.3) is 0 Å². The largest absolute Gasteiger partial charge is 0.276 e. The van der Waals surface area contributed by atoms with Gasteiger partial charge >= 0.3 is 0 Å². The Bertz CT molecular complexity index is 239. The summed E-state index contributed by atoms with van der Waals surface area (Å²) < 4.78 is 1.88. The van der Waals surface area contributed by atoms with E-state index in [9.17, 15) is 0 Å². The molecule has 0 aliphatic heterocycles. The molecule has 1 saturated carbocycles. The maximum absolute atomic E-state index is 4.34. The molecule has 1 fully saturated rings. The third-order valence-corrected chi connectivity index (χ3v) is 2.22. The lowest BCUT2D eigenvalue weighted by atomic mass is 10.2. The Morgan fingerprint density at radius 3 is 2.80 bits per heavy atom. The maximum atomic E-state index is 4.34. The summed E-state index contributed by atoms with van der Waals surface area (Å²) in [6.07, 6.45) is 3.34. The first-order valence-electron chi connectivity index (χ1n) is 3.77. The van der Waals surface area contributed by atoms with Gasteiger partial charge in [0.25, 0.3) is 0 Å². The van der Waals surface area contributed by atoms with Gasteiger partial charge in [-0.05, 0) is 18.4 Å². The van der Waals surface area contributed by atoms with Crippen LogP contribution < -0.4 is 0 Å². The minimum absolute atomic E-state index is 0.765. The second-order valence-electron chi connectivity index (χ2n) is 3.23. The molecule has 10 heavy (non-hydrogen) atoms. The summed E-state index contributed by atoms with van der Waals surface area (Å²) in [5, 5.41) is 4.34. The molecule has 54 valence electrons. The zero-order chi connectivity index (χ0) is 7.14. The van der Waals surface area contributed by atoms with Gasteiger partial charge in [-0.1, -0.05) is 6.92 Å². The minimum atomic E-state index is 0.765. The summed E-state index contributed by atoms with van der Waals surface area (Å²) in [6, 6.07) is 2.12. The SMILES string of the molecule is CC1CC1c1ccn(C)n1. The van der Waals surface area contributed by atoms with Crippen LogP contribution in [0.2, 0.25) is 0 Å². The highest BCUT2D eigenvalue weighted by Gasteiger charge is 2.35. The second kappa shape index (κ2) is 1.84. The Labute approximate surface area is 60.9 Å². The van der Waals surface area contributed by atoms with E-state index in [1.807, 2.05) is 17.9 Å². The Hall–Kier alpha value is -0.790. The molecular formula is C8H12N2. The Balaban J connectivity index is 2.20. The maximum Gasteiger partial charge on any atom is 0.0658 e. The van der Waals surface area contributed by atoms with Crippen LogP contribution in [-0.2, 0) is 7.05 Å². The molecule has 0 bridgehead atoms. The van der Waals surface area contributed by atoms with E-state index in [1.54, 1.807) is 0 Å². The van der Waals surface area contributed by atoms with Gasteiger partial charge in [-0.2, -0.15) is 5.10 Å². The van der Waals surface area contributed by atoms with Gasteiger partial charge in [0.15, 0.2) is 0 Å². The molecule has 2 atom stereocenters. The van der Waals surface area contributed by atoms with Crippen LogP contribution in [-0.4, -0.2) is 9.78 Å². The molecule has 2 unspecified atom stereocenters. The fourth-order valence-electron chi connectivity index (χ4n) is 1.37. The van der Waals surface area contributed by atoms with Gasteiger partial charge < -0.3 is 0 Å². The number of nitrogens with zero attached hydrogens (tertiary/aromatic N) is 2. The number of hydrogen-bond acceptors (Lipinski definition) is 1. The van der Waals surface area contributed by atoms with E-state index in [0.717, 1.165) is 11.8 Å². The van der Waals surface area contributed by atoms with Crippen molar-refractivity contribution >= 4 is 0 Å². The highest BCUT2D eigenvalue weighted by molar-refractivity contribution is 5.14. The molecule has 1 aromatic rings. The molecule has 1 aliphatic rings. The van der Waals surface area contributed by atoms with Crippen LogP contribution in [0.5, 0.6) is 0 Å². The van der Waals surface area contributed by atoms with Gasteiger partial charge in [-0.3, -0.25) is 4.68 Å². The molecule has 2 rings (SSSR count). The molecule has 1 aromatic heterocycles. The molecule has 1 heterocycles. The van der Waals surface area contributed by atoms with Crippen molar-refractivity contribution < 1.29 is 0 Å². The molecule has 1 aliphatic carbocycles. The summed E-state index contributed by atoms with van der Waals surface area (Å²) in [4.78, 5) is 0. The van der Waals surface area contributed by atoms with Crippen molar-refractivity contribution in [2.75, 3.05) is 0 Å². The fourth-order valence-corrected chi connectivity index (χ4v) is 1.37. The van der Waals surface area contributed by atoms with E-state index in [0.29, 0.717) is 0 Å². The molecule has 2 nitrogen and oxygen atoms in total. The molecule has 0 aromatic carbocycles. The first-order chi connectivity index (χ1) is 4.77. The third kappa shape index (κ3) is 0.838. The van der Waals surface area contributed by atoms with Crippen molar-refractivity contribution in [3.05, 3.63) is 18.0 Å². The van der Waals surface area contributed by atoms with Crippen molar-refractivity contribution in [3.8, 4) is 0 Å². The Kier molecular flexibility index (Phi) is 1.10. The summed E-state index contributed by atoms with van der Waals surface area (Å²) in [5.41, 5.74) is 1.27. The monoisotopic (exact) mass is 136 g/mol. The van der Waals surface area contributed by atoms with Crippen LogP contribution in [0.1, 0.15) is 25.0 Å². The summed E-state index contributed by atoms with van der Waals surface area (Å²) >= 11 is 0. The number of hydrogen-bond donors (Lipinski definition) is 0. The number of aromatic nitrogens is 2. The van der Waals surface area contributed by atoms with E-state index in [1.165, 1.54) is 12.1 Å². The Morgan fingerprint density at radius 2 is 2.40 bits per heavy atom. The van der Waals surface area contributed by atoms with Gasteiger partial charge in [0.2, 0.25) is 0 Å². The van der Waals surface area contributed by atoms with Crippen LogP contribution in [0.15, 0.2) is 12.3 Å². The lowest BCUT2D eigenvalue weighted by Crippen LogP contribution is -1.89. The molecule has 0 saturated heterocycles. The standard InChI is InChI=1S/C8H12N2/c1-6-5-7(6)8-3-4-10(2)9-8/h3-4,6-7H,5H2,1-2H3. The highest BCUT2D eigenvalue weighted by Crippen LogP contribution is 2.45. The average Bonchev–Trinajstić information content (AvgIpc) is 2.42. The van der Waals surface area contributed by atoms with E-state index < -0.39 is 0 Å². The minimum Gasteiger partial charge on any atom is -0.276 e. The normalized spacial score (nSPS) is 30.6. The molecule has 0 radical (unpaired) electrons. The molecule has 0 spiro atoms. The fraction of sp³-hybridized carbons (Fsp3) is 0.625. The predicted molar refractivity (Wildman–Crippen MR) is 39.7 cm³/mol. The molecule has 0 N–H and O–H groups in total. The lowest BCUT2D eigenvalue weighted by Gasteiger charge is -1.88. The van der Waals surface area contributed by atoms with Gasteiger partial charge in [-0.15, -0.1) is 0 Å². The van der Waals surface area contributed by atoms with Crippen molar-refractivity contribution in [2.24, 2.45) is 13.0 Å². The lowest BCUT2D eigenvalue weighted by molar-refractivity contribution is 0.735. The number of aryl methyl sites for hydroxylation is 1. The average molecular weight is 136 g/mol. The smallest absolute Gasteiger partial charge is 0.0658 e. The molecule has 0 amide bonds. The van der Waals surface area contributed by atoms with Crippen molar-refractivity contribution in [1.82, 2.24) is 9.78 Å². The van der Waals surface area contributed by atoms with Gasteiger partial charge in [0.05, 0.1) is 5.69 Å². The topological polar surface area (TPSA) is 17.8 Å². The van der Waals surface area contributed by atoms with Gasteiger partial charge in [0.1, 0.15) is 0 Å². The van der Waals surface area contributed by atoms with Crippen LogP contribution >= 0.6 is 0 Å². The van der Waals surface area contributed by atoms with E-state index >= 15 is 0 Å². The number of rotatable bonds is 1. The van der Waals surface area contributed by atoms with E-state index in [2.05, 4.69) is 18.1 Å². The van der Waals surface area contributed by atoms with E-state index in [4.69, 9.17) is 0 Å². The van der Waals surface area contributed by atoms with Crippen LogP contribution in [0.3, 0.4) is 0 Å². The third-order valence-electron chi connectivity index (χ3n) is 2.22. The van der Waals surface area contributed by atoms with Crippen molar-refractivity contribution in [2.45, 2.75) is 19.3 Å². The van der Waals surface area contributed by atoms with Crippen molar-refractivity contribution in [3.63, 3.8) is 0 Å². The van der Waals surface area contributed by atoms with Crippen LogP contribution in [0, 0.1) is 5.92 Å². The zero-order valence-corrected chi connectivity index (χ0v) is 6.41. The summed E-state index contributed by atoms with van der Waals surface area (Å²) in [5.74, 6) is 1.64.